The van der Waals surface area contributed by atoms with Gasteiger partial charge in [0.25, 0.3) is 10.0 Å². The number of hydrogen-bond donors (Lipinski definition) is 1. The lowest BCUT2D eigenvalue weighted by Crippen LogP contribution is -2.13. The third-order valence-electron chi connectivity index (χ3n) is 3.22. The van der Waals surface area contributed by atoms with Gasteiger partial charge >= 0.3 is 0 Å². The van der Waals surface area contributed by atoms with Crippen molar-refractivity contribution in [3.8, 4) is 0 Å². The Bertz CT molecular complexity index is 950. The molecule has 112 valence electrons. The van der Waals surface area contributed by atoms with Gasteiger partial charge in [0, 0.05) is 14.3 Å². The van der Waals surface area contributed by atoms with Crippen LogP contribution < -0.4 is 4.72 Å². The fraction of sp³-hybridized carbons (Fsp3) is 0. The fourth-order valence-corrected chi connectivity index (χ4v) is 4.78. The molecule has 0 unspecified atom stereocenters. The van der Waals surface area contributed by atoms with Crippen molar-refractivity contribution in [3.63, 3.8) is 0 Å². The summed E-state index contributed by atoms with van der Waals surface area (Å²) in [5.74, 6) is 0. The molecule has 6 heteroatoms. The van der Waals surface area contributed by atoms with Crippen molar-refractivity contribution >= 4 is 58.3 Å². The molecule has 3 nitrogen and oxygen atoms in total. The minimum absolute atomic E-state index is 0.190. The molecule has 0 saturated heterocycles. The van der Waals surface area contributed by atoms with Crippen LogP contribution in [0, 0.1) is 0 Å². The predicted octanol–water partition coefficient (Wildman–Crippen LogP) is 5.17. The van der Waals surface area contributed by atoms with Crippen molar-refractivity contribution in [1.82, 2.24) is 0 Å². The third kappa shape index (κ3) is 3.04. The van der Waals surface area contributed by atoms with Crippen LogP contribution in [0.4, 0.5) is 5.69 Å². The van der Waals surface area contributed by atoms with E-state index in [1.165, 1.54) is 0 Å². The lowest BCUT2D eigenvalue weighted by molar-refractivity contribution is 0.600. The summed E-state index contributed by atoms with van der Waals surface area (Å²) in [6, 6.07) is 18.2. The van der Waals surface area contributed by atoms with Gasteiger partial charge in [0.05, 0.1) is 5.69 Å². The molecule has 3 rings (SSSR count). The van der Waals surface area contributed by atoms with Gasteiger partial charge in [-0.3, -0.25) is 4.72 Å². The minimum atomic E-state index is -3.68. The number of fused-ring (bicyclic) bond motifs is 1. The van der Waals surface area contributed by atoms with Crippen LogP contribution in [0.15, 0.2) is 74.5 Å². The molecule has 3 aromatic carbocycles. The van der Waals surface area contributed by atoms with Crippen molar-refractivity contribution in [1.29, 1.82) is 0 Å². The van der Waals surface area contributed by atoms with Crippen molar-refractivity contribution < 1.29 is 8.42 Å². The molecule has 0 bridgehead atoms. The molecule has 0 aliphatic rings. The summed E-state index contributed by atoms with van der Waals surface area (Å²) in [6.45, 7) is 0. The highest BCUT2D eigenvalue weighted by atomic mass is 79.9. The first-order chi connectivity index (χ1) is 10.5. The number of rotatable bonds is 3. The van der Waals surface area contributed by atoms with Crippen LogP contribution in [0.1, 0.15) is 0 Å². The van der Waals surface area contributed by atoms with E-state index in [9.17, 15) is 8.42 Å². The lowest BCUT2D eigenvalue weighted by Gasteiger charge is -2.12. The van der Waals surface area contributed by atoms with E-state index < -0.39 is 10.0 Å². The van der Waals surface area contributed by atoms with Gasteiger partial charge in [0.15, 0.2) is 0 Å². The first kappa shape index (κ1) is 15.5. The Morgan fingerprint density at radius 1 is 0.864 bits per heavy atom. The Hall–Kier alpha value is -1.37. The number of hydrogen-bond acceptors (Lipinski definition) is 2. The zero-order chi connectivity index (χ0) is 15.7. The zero-order valence-corrected chi connectivity index (χ0v) is 15.2. The highest BCUT2D eigenvalue weighted by molar-refractivity contribution is 9.11. The third-order valence-corrected chi connectivity index (χ3v) is 6.07. The topological polar surface area (TPSA) is 46.2 Å². The molecule has 0 spiro atoms. The molecule has 0 aliphatic heterocycles. The molecular formula is C16H11Br2NO2S. The molecule has 1 N–H and O–H groups in total. The van der Waals surface area contributed by atoms with Gasteiger partial charge < -0.3 is 0 Å². The van der Waals surface area contributed by atoms with Gasteiger partial charge in [-0.15, -0.1) is 0 Å². The molecule has 22 heavy (non-hydrogen) atoms. The number of nitrogens with one attached hydrogen (secondary N) is 1. The molecule has 0 aliphatic carbocycles. The number of anilines is 1. The highest BCUT2D eigenvalue weighted by Gasteiger charge is 2.19. The van der Waals surface area contributed by atoms with Gasteiger partial charge in [-0.05, 0) is 45.6 Å². The Labute approximate surface area is 145 Å². The van der Waals surface area contributed by atoms with Crippen molar-refractivity contribution in [3.05, 3.63) is 69.6 Å². The summed E-state index contributed by atoms with van der Waals surface area (Å²) in [5, 5.41) is 1.84. The van der Waals surface area contributed by atoms with Crippen molar-refractivity contribution in [2.45, 2.75) is 4.90 Å². The van der Waals surface area contributed by atoms with Gasteiger partial charge in [0.1, 0.15) is 4.90 Å². The molecule has 0 atom stereocenters. The van der Waals surface area contributed by atoms with Crippen LogP contribution in [-0.4, -0.2) is 8.42 Å². The number of benzene rings is 3. The molecule has 0 saturated carbocycles. The van der Waals surface area contributed by atoms with Gasteiger partial charge in [-0.25, -0.2) is 8.42 Å². The minimum Gasteiger partial charge on any atom is -0.279 e. The summed E-state index contributed by atoms with van der Waals surface area (Å²) < 4.78 is 29.2. The van der Waals surface area contributed by atoms with Gasteiger partial charge in [0.2, 0.25) is 0 Å². The molecule has 0 amide bonds. The van der Waals surface area contributed by atoms with E-state index in [0.717, 1.165) is 10.8 Å². The van der Waals surface area contributed by atoms with Crippen LogP contribution in [-0.2, 0) is 10.0 Å². The number of halogens is 2. The van der Waals surface area contributed by atoms with Crippen LogP contribution in [0.3, 0.4) is 0 Å². The van der Waals surface area contributed by atoms with Gasteiger partial charge in [-0.2, -0.15) is 0 Å². The van der Waals surface area contributed by atoms with E-state index in [1.54, 1.807) is 24.3 Å². The highest BCUT2D eigenvalue weighted by Crippen LogP contribution is 2.30. The second-order valence-electron chi connectivity index (χ2n) is 4.71. The van der Waals surface area contributed by atoms with Crippen LogP contribution in [0.5, 0.6) is 0 Å². The standard InChI is InChI=1S/C16H11Br2NO2S/c17-12-8-9-14(18)16(10-12)22(20,21)19-15-7-3-5-11-4-1-2-6-13(11)15/h1-10,19H. The monoisotopic (exact) mass is 439 g/mol. The normalized spacial score (nSPS) is 11.5. The van der Waals surface area contributed by atoms with Crippen LogP contribution in [0.2, 0.25) is 0 Å². The maximum absolute atomic E-state index is 12.7. The molecule has 0 aromatic heterocycles. The second-order valence-corrected chi connectivity index (χ2v) is 8.13. The van der Waals surface area contributed by atoms with E-state index in [0.29, 0.717) is 14.6 Å². The molecule has 0 radical (unpaired) electrons. The van der Waals surface area contributed by atoms with E-state index in [4.69, 9.17) is 0 Å². The Morgan fingerprint density at radius 2 is 1.59 bits per heavy atom. The summed E-state index contributed by atoms with van der Waals surface area (Å²) in [7, 11) is -3.68. The first-order valence-electron chi connectivity index (χ1n) is 6.43. The summed E-state index contributed by atoms with van der Waals surface area (Å²) in [4.78, 5) is 0.190. The van der Waals surface area contributed by atoms with Crippen LogP contribution >= 0.6 is 31.9 Å². The van der Waals surface area contributed by atoms with E-state index in [1.807, 2.05) is 36.4 Å². The summed E-state index contributed by atoms with van der Waals surface area (Å²) >= 11 is 6.59. The maximum Gasteiger partial charge on any atom is 0.263 e. The van der Waals surface area contributed by atoms with E-state index in [2.05, 4.69) is 36.6 Å². The maximum atomic E-state index is 12.7. The van der Waals surface area contributed by atoms with Gasteiger partial charge in [-0.1, -0.05) is 52.3 Å². The quantitative estimate of drug-likeness (QED) is 0.610. The Balaban J connectivity index is 2.09. The Kier molecular flexibility index (Phi) is 4.25. The smallest absolute Gasteiger partial charge is 0.263 e. The van der Waals surface area contributed by atoms with E-state index in [-0.39, 0.29) is 4.90 Å². The van der Waals surface area contributed by atoms with Crippen molar-refractivity contribution in [2.24, 2.45) is 0 Å². The average Bonchev–Trinajstić information content (AvgIpc) is 2.50. The first-order valence-corrected chi connectivity index (χ1v) is 9.50. The lowest BCUT2D eigenvalue weighted by atomic mass is 10.1. The molecule has 0 fully saturated rings. The summed E-state index contributed by atoms with van der Waals surface area (Å²) in [6.07, 6.45) is 0. The fourth-order valence-electron chi connectivity index (χ4n) is 2.20. The van der Waals surface area contributed by atoms with Crippen molar-refractivity contribution in [2.75, 3.05) is 4.72 Å². The van der Waals surface area contributed by atoms with E-state index >= 15 is 0 Å². The summed E-state index contributed by atoms with van der Waals surface area (Å²) in [5.41, 5.74) is 0.560. The average molecular weight is 441 g/mol. The SMILES string of the molecule is O=S(=O)(Nc1cccc2ccccc12)c1cc(Br)ccc1Br. The molecule has 3 aromatic rings. The molecule has 0 heterocycles. The Morgan fingerprint density at radius 3 is 2.41 bits per heavy atom. The predicted molar refractivity (Wildman–Crippen MR) is 96.6 cm³/mol. The number of sulfonamides is 1. The zero-order valence-electron chi connectivity index (χ0n) is 11.3. The molecular weight excluding hydrogens is 430 g/mol. The van der Waals surface area contributed by atoms with Crippen LogP contribution in [0.25, 0.3) is 10.8 Å². The largest absolute Gasteiger partial charge is 0.279 e. The second kappa shape index (κ2) is 6.02.